The van der Waals surface area contributed by atoms with Gasteiger partial charge in [0.25, 0.3) is 0 Å². The third-order valence-corrected chi connectivity index (χ3v) is 5.77. The smallest absolute Gasteiger partial charge is 0.173 e. The lowest BCUT2D eigenvalue weighted by molar-refractivity contribution is 0.406. The maximum absolute atomic E-state index is 8.87. The van der Waals surface area contributed by atoms with E-state index in [-0.39, 0.29) is 0 Å². The zero-order valence-electron chi connectivity index (χ0n) is 15.0. The summed E-state index contributed by atoms with van der Waals surface area (Å²) < 4.78 is 0. The van der Waals surface area contributed by atoms with Crippen molar-refractivity contribution in [3.63, 3.8) is 0 Å². The number of halogens is 1. The molecule has 0 heterocycles. The number of nitriles is 1. The Bertz CT molecular complexity index is 841. The number of nitrogens with zero attached hydrogens (tertiary/aromatic N) is 2. The predicted octanol–water partition coefficient (Wildman–Crippen LogP) is 5.21. The Morgan fingerprint density at radius 2 is 2.04 bits per heavy atom. The lowest BCUT2D eigenvalue weighted by Gasteiger charge is -2.24. The number of benzene rings is 2. The molecule has 0 saturated carbocycles. The first-order chi connectivity index (χ1) is 12.5. The Kier molecular flexibility index (Phi) is 5.80. The average molecular weight is 384 g/mol. The highest BCUT2D eigenvalue weighted by atomic mass is 35.5. The van der Waals surface area contributed by atoms with Gasteiger partial charge >= 0.3 is 0 Å². The summed E-state index contributed by atoms with van der Waals surface area (Å²) in [5.74, 6) is 1.14. The van der Waals surface area contributed by atoms with E-state index >= 15 is 0 Å². The summed E-state index contributed by atoms with van der Waals surface area (Å²) in [6, 6.07) is 15.7. The van der Waals surface area contributed by atoms with Crippen molar-refractivity contribution in [1.82, 2.24) is 4.90 Å². The normalized spacial score (nSPS) is 18.1. The molecule has 2 atom stereocenters. The summed E-state index contributed by atoms with van der Waals surface area (Å²) in [6.07, 6.45) is 2.16. The molecule has 134 valence electrons. The van der Waals surface area contributed by atoms with Crippen molar-refractivity contribution >= 4 is 34.6 Å². The molecule has 3 nitrogen and oxygen atoms in total. The van der Waals surface area contributed by atoms with Gasteiger partial charge in [-0.1, -0.05) is 24.6 Å². The molecule has 2 unspecified atom stereocenters. The summed E-state index contributed by atoms with van der Waals surface area (Å²) in [5.41, 5.74) is 4.35. The SMILES string of the molecule is CC1Cc2ccc(Cl)cc2C1CCN(C)C(=S)Nc1ccc(C#N)cc1. The topological polar surface area (TPSA) is 39.1 Å². The van der Waals surface area contributed by atoms with Gasteiger partial charge in [-0.3, -0.25) is 0 Å². The Morgan fingerprint density at radius 3 is 2.73 bits per heavy atom. The molecule has 0 bridgehead atoms. The van der Waals surface area contributed by atoms with Crippen molar-refractivity contribution in [2.45, 2.75) is 25.7 Å². The summed E-state index contributed by atoms with van der Waals surface area (Å²) in [5, 5.41) is 13.6. The van der Waals surface area contributed by atoms with E-state index in [1.807, 2.05) is 25.2 Å². The molecule has 0 amide bonds. The molecule has 26 heavy (non-hydrogen) atoms. The van der Waals surface area contributed by atoms with Crippen LogP contribution in [0.1, 0.15) is 36.0 Å². The van der Waals surface area contributed by atoms with Gasteiger partial charge < -0.3 is 10.2 Å². The molecule has 1 N–H and O–H groups in total. The molecule has 1 aliphatic rings. The van der Waals surface area contributed by atoms with Crippen LogP contribution in [0, 0.1) is 17.2 Å². The number of anilines is 1. The summed E-state index contributed by atoms with van der Waals surface area (Å²) in [7, 11) is 2.01. The highest BCUT2D eigenvalue weighted by Crippen LogP contribution is 2.41. The maximum Gasteiger partial charge on any atom is 0.173 e. The van der Waals surface area contributed by atoms with Gasteiger partial charge in [0.2, 0.25) is 0 Å². The fourth-order valence-electron chi connectivity index (χ4n) is 3.61. The second kappa shape index (κ2) is 8.07. The Hall–Kier alpha value is -2.09. The van der Waals surface area contributed by atoms with Crippen LogP contribution in [-0.4, -0.2) is 23.6 Å². The highest BCUT2D eigenvalue weighted by Gasteiger charge is 2.29. The van der Waals surface area contributed by atoms with E-state index in [2.05, 4.69) is 35.3 Å². The van der Waals surface area contributed by atoms with Crippen molar-refractivity contribution in [3.05, 3.63) is 64.2 Å². The molecule has 0 fully saturated rings. The quantitative estimate of drug-likeness (QED) is 0.736. The van der Waals surface area contributed by atoms with Crippen LogP contribution >= 0.6 is 23.8 Å². The Morgan fingerprint density at radius 1 is 1.31 bits per heavy atom. The largest absolute Gasteiger partial charge is 0.352 e. The zero-order valence-corrected chi connectivity index (χ0v) is 16.6. The third kappa shape index (κ3) is 4.17. The lowest BCUT2D eigenvalue weighted by Crippen LogP contribution is -2.32. The van der Waals surface area contributed by atoms with Crippen LogP contribution in [-0.2, 0) is 6.42 Å². The van der Waals surface area contributed by atoms with Crippen LogP contribution in [0.25, 0.3) is 0 Å². The van der Waals surface area contributed by atoms with E-state index in [1.165, 1.54) is 11.1 Å². The minimum absolute atomic E-state index is 0.517. The van der Waals surface area contributed by atoms with Gasteiger partial charge in [-0.05, 0) is 84.4 Å². The van der Waals surface area contributed by atoms with Gasteiger partial charge in [0.1, 0.15) is 0 Å². The molecular formula is C21H22ClN3S. The fourth-order valence-corrected chi connectivity index (χ4v) is 4.00. The van der Waals surface area contributed by atoms with E-state index in [1.54, 1.807) is 12.1 Å². The standard InChI is InChI=1S/C21H22ClN3S/c1-14-11-16-5-6-17(22)12-20(16)19(14)9-10-25(2)21(26)24-18-7-3-15(13-23)4-8-18/h3-8,12,14,19H,9-11H2,1-2H3,(H,24,26). The lowest BCUT2D eigenvalue weighted by atomic mass is 9.91. The Labute approximate surface area is 165 Å². The number of hydrogen-bond donors (Lipinski definition) is 1. The highest BCUT2D eigenvalue weighted by molar-refractivity contribution is 7.80. The number of fused-ring (bicyclic) bond motifs is 1. The van der Waals surface area contributed by atoms with Crippen LogP contribution in [0.5, 0.6) is 0 Å². The molecule has 1 aliphatic carbocycles. The van der Waals surface area contributed by atoms with E-state index in [0.717, 1.165) is 30.1 Å². The molecule has 2 aromatic rings. The first-order valence-electron chi connectivity index (χ1n) is 8.78. The second-order valence-corrected chi connectivity index (χ2v) is 7.78. The fraction of sp³-hybridized carbons (Fsp3) is 0.333. The van der Waals surface area contributed by atoms with Crippen molar-refractivity contribution in [3.8, 4) is 6.07 Å². The number of rotatable bonds is 4. The number of thiocarbonyl (C=S) groups is 1. The average Bonchev–Trinajstić information content (AvgIpc) is 2.94. The van der Waals surface area contributed by atoms with Gasteiger partial charge in [-0.25, -0.2) is 0 Å². The maximum atomic E-state index is 8.87. The Balaban J connectivity index is 1.58. The third-order valence-electron chi connectivity index (χ3n) is 5.12. The van der Waals surface area contributed by atoms with E-state index in [0.29, 0.717) is 22.5 Å². The zero-order chi connectivity index (χ0) is 18.7. The minimum Gasteiger partial charge on any atom is -0.352 e. The van der Waals surface area contributed by atoms with Crippen LogP contribution in [0.3, 0.4) is 0 Å². The molecule has 3 rings (SSSR count). The molecule has 5 heteroatoms. The summed E-state index contributed by atoms with van der Waals surface area (Å²) in [6.45, 7) is 3.19. The van der Waals surface area contributed by atoms with Crippen molar-refractivity contribution in [2.75, 3.05) is 18.9 Å². The molecule has 0 radical (unpaired) electrons. The number of nitrogens with one attached hydrogen (secondary N) is 1. The van der Waals surface area contributed by atoms with Crippen LogP contribution in [0.15, 0.2) is 42.5 Å². The van der Waals surface area contributed by atoms with Gasteiger partial charge in [-0.15, -0.1) is 0 Å². The second-order valence-electron chi connectivity index (χ2n) is 6.96. The van der Waals surface area contributed by atoms with E-state index < -0.39 is 0 Å². The van der Waals surface area contributed by atoms with Gasteiger partial charge in [0, 0.05) is 24.3 Å². The summed E-state index contributed by atoms with van der Waals surface area (Å²) >= 11 is 11.7. The molecule has 0 aliphatic heterocycles. The van der Waals surface area contributed by atoms with Gasteiger partial charge in [0.15, 0.2) is 5.11 Å². The van der Waals surface area contributed by atoms with Gasteiger partial charge in [-0.2, -0.15) is 5.26 Å². The predicted molar refractivity (Wildman–Crippen MR) is 112 cm³/mol. The van der Waals surface area contributed by atoms with Crippen molar-refractivity contribution in [2.24, 2.45) is 5.92 Å². The first-order valence-corrected chi connectivity index (χ1v) is 9.57. The van der Waals surface area contributed by atoms with E-state index in [9.17, 15) is 0 Å². The molecule has 0 spiro atoms. The molecule has 0 aromatic heterocycles. The van der Waals surface area contributed by atoms with Gasteiger partial charge in [0.05, 0.1) is 11.6 Å². The first kappa shape index (κ1) is 18.7. The van der Waals surface area contributed by atoms with Crippen LogP contribution < -0.4 is 5.32 Å². The van der Waals surface area contributed by atoms with Crippen LogP contribution in [0.4, 0.5) is 5.69 Å². The molecule has 0 saturated heterocycles. The van der Waals surface area contributed by atoms with Crippen molar-refractivity contribution < 1.29 is 0 Å². The minimum atomic E-state index is 0.517. The summed E-state index contributed by atoms with van der Waals surface area (Å²) in [4.78, 5) is 2.07. The molecule has 2 aromatic carbocycles. The monoisotopic (exact) mass is 383 g/mol. The van der Waals surface area contributed by atoms with Crippen LogP contribution in [0.2, 0.25) is 5.02 Å². The van der Waals surface area contributed by atoms with Crippen molar-refractivity contribution in [1.29, 1.82) is 5.26 Å². The molecular weight excluding hydrogens is 362 g/mol. The number of hydrogen-bond acceptors (Lipinski definition) is 2. The van der Waals surface area contributed by atoms with E-state index in [4.69, 9.17) is 29.1 Å².